The molecule has 18 heavy (non-hydrogen) atoms. The second-order valence-electron chi connectivity index (χ2n) is 5.16. The van der Waals surface area contributed by atoms with Gasteiger partial charge in [0, 0.05) is 10.0 Å². The highest BCUT2D eigenvalue weighted by molar-refractivity contribution is 9.10. The number of halogens is 2. The van der Waals surface area contributed by atoms with Crippen molar-refractivity contribution in [3.05, 3.63) is 27.7 Å². The van der Waals surface area contributed by atoms with Crippen molar-refractivity contribution >= 4 is 27.5 Å². The van der Waals surface area contributed by atoms with Crippen LogP contribution in [0.3, 0.4) is 0 Å². The van der Waals surface area contributed by atoms with Crippen molar-refractivity contribution in [1.82, 2.24) is 0 Å². The predicted molar refractivity (Wildman–Crippen MR) is 80.5 cm³/mol. The molecule has 1 aromatic rings. The fourth-order valence-electron chi connectivity index (χ4n) is 2.66. The summed E-state index contributed by atoms with van der Waals surface area (Å²) in [6.45, 7) is 2.92. The molecule has 100 valence electrons. The van der Waals surface area contributed by atoms with E-state index < -0.39 is 0 Å². The molecule has 0 amide bonds. The van der Waals surface area contributed by atoms with Crippen LogP contribution in [0.2, 0.25) is 0 Å². The summed E-state index contributed by atoms with van der Waals surface area (Å²) in [4.78, 5) is 0. The van der Waals surface area contributed by atoms with Gasteiger partial charge in [0.25, 0.3) is 0 Å². The molecule has 1 fully saturated rings. The van der Waals surface area contributed by atoms with Gasteiger partial charge in [-0.1, -0.05) is 35.2 Å². The number of benzene rings is 1. The minimum atomic E-state index is 0.500. The average Bonchev–Trinajstić information content (AvgIpc) is 2.38. The van der Waals surface area contributed by atoms with Gasteiger partial charge in [-0.05, 0) is 43.4 Å². The van der Waals surface area contributed by atoms with Crippen LogP contribution in [-0.2, 0) is 5.88 Å². The summed E-state index contributed by atoms with van der Waals surface area (Å²) in [5.41, 5.74) is 2.25. The normalized spacial score (nSPS) is 16.8. The van der Waals surface area contributed by atoms with Crippen molar-refractivity contribution in [3.8, 4) is 5.75 Å². The van der Waals surface area contributed by atoms with Crippen molar-refractivity contribution in [2.75, 3.05) is 6.61 Å². The second kappa shape index (κ2) is 6.81. The lowest BCUT2D eigenvalue weighted by molar-refractivity contribution is 0.207. The number of alkyl halides is 1. The van der Waals surface area contributed by atoms with Crippen LogP contribution in [0.15, 0.2) is 16.6 Å². The first-order valence-electron chi connectivity index (χ1n) is 6.68. The third-order valence-electron chi connectivity index (χ3n) is 3.65. The maximum Gasteiger partial charge on any atom is 0.126 e. The molecule has 0 spiro atoms. The van der Waals surface area contributed by atoms with Crippen LogP contribution in [0.5, 0.6) is 5.75 Å². The van der Waals surface area contributed by atoms with E-state index >= 15 is 0 Å². The van der Waals surface area contributed by atoms with E-state index in [2.05, 4.69) is 35.0 Å². The topological polar surface area (TPSA) is 9.23 Å². The van der Waals surface area contributed by atoms with Gasteiger partial charge in [-0.15, -0.1) is 11.6 Å². The SMILES string of the molecule is Cc1cc(Br)cc(CCl)c1OCC1CCCCC1. The lowest BCUT2D eigenvalue weighted by Crippen LogP contribution is -2.16. The average molecular weight is 332 g/mol. The molecule has 0 aromatic heterocycles. The van der Waals surface area contributed by atoms with Gasteiger partial charge in [-0.3, -0.25) is 0 Å². The Morgan fingerprint density at radius 2 is 2.00 bits per heavy atom. The smallest absolute Gasteiger partial charge is 0.126 e. The second-order valence-corrected chi connectivity index (χ2v) is 6.34. The Labute approximate surface area is 123 Å². The van der Waals surface area contributed by atoms with Crippen LogP contribution in [0.25, 0.3) is 0 Å². The summed E-state index contributed by atoms with van der Waals surface area (Å²) in [5, 5.41) is 0. The van der Waals surface area contributed by atoms with Crippen molar-refractivity contribution < 1.29 is 4.74 Å². The van der Waals surface area contributed by atoms with E-state index in [0.29, 0.717) is 5.88 Å². The molecule has 3 heteroatoms. The summed E-state index contributed by atoms with van der Waals surface area (Å²) in [7, 11) is 0. The largest absolute Gasteiger partial charge is 0.493 e. The summed E-state index contributed by atoms with van der Waals surface area (Å²) in [6, 6.07) is 4.14. The molecule has 0 unspecified atom stereocenters. The van der Waals surface area contributed by atoms with E-state index in [1.54, 1.807) is 0 Å². The molecule has 1 aromatic carbocycles. The Bertz CT molecular complexity index is 400. The highest BCUT2D eigenvalue weighted by atomic mass is 79.9. The molecular weight excluding hydrogens is 312 g/mol. The van der Waals surface area contributed by atoms with E-state index in [1.165, 1.54) is 32.1 Å². The molecule has 0 bridgehead atoms. The minimum absolute atomic E-state index is 0.500. The molecule has 2 rings (SSSR count). The number of rotatable bonds is 4. The maximum absolute atomic E-state index is 6.05. The zero-order chi connectivity index (χ0) is 13.0. The van der Waals surface area contributed by atoms with E-state index in [1.807, 2.05) is 0 Å². The van der Waals surface area contributed by atoms with Gasteiger partial charge in [0.15, 0.2) is 0 Å². The minimum Gasteiger partial charge on any atom is -0.493 e. The van der Waals surface area contributed by atoms with E-state index in [0.717, 1.165) is 33.9 Å². The van der Waals surface area contributed by atoms with Gasteiger partial charge in [0.1, 0.15) is 5.75 Å². The zero-order valence-electron chi connectivity index (χ0n) is 10.8. The number of hydrogen-bond donors (Lipinski definition) is 0. The molecule has 0 saturated heterocycles. The van der Waals surface area contributed by atoms with E-state index in [9.17, 15) is 0 Å². The number of ether oxygens (including phenoxy) is 1. The molecule has 0 N–H and O–H groups in total. The number of hydrogen-bond acceptors (Lipinski definition) is 1. The van der Waals surface area contributed by atoms with Gasteiger partial charge < -0.3 is 4.74 Å². The molecule has 0 atom stereocenters. The first-order chi connectivity index (χ1) is 8.70. The third kappa shape index (κ3) is 3.64. The lowest BCUT2D eigenvalue weighted by Gasteiger charge is -2.23. The Kier molecular flexibility index (Phi) is 5.38. The fourth-order valence-corrected chi connectivity index (χ4v) is 3.48. The molecule has 0 heterocycles. The van der Waals surface area contributed by atoms with Gasteiger partial charge in [0.05, 0.1) is 12.5 Å². The Hall–Kier alpha value is -0.210. The fraction of sp³-hybridized carbons (Fsp3) is 0.600. The zero-order valence-corrected chi connectivity index (χ0v) is 13.2. The van der Waals surface area contributed by atoms with Gasteiger partial charge in [0.2, 0.25) is 0 Å². The van der Waals surface area contributed by atoms with Crippen molar-refractivity contribution in [2.24, 2.45) is 5.92 Å². The molecule has 1 aliphatic rings. The van der Waals surface area contributed by atoms with Crippen LogP contribution in [-0.4, -0.2) is 6.61 Å². The highest BCUT2D eigenvalue weighted by Crippen LogP contribution is 2.31. The summed E-state index contributed by atoms with van der Waals surface area (Å²) in [5.74, 6) is 2.21. The van der Waals surface area contributed by atoms with E-state index in [4.69, 9.17) is 16.3 Å². The van der Waals surface area contributed by atoms with Crippen molar-refractivity contribution in [2.45, 2.75) is 44.9 Å². The van der Waals surface area contributed by atoms with Gasteiger partial charge in [-0.25, -0.2) is 0 Å². The monoisotopic (exact) mass is 330 g/mol. The quantitative estimate of drug-likeness (QED) is 0.666. The molecular formula is C15H20BrClO. The third-order valence-corrected chi connectivity index (χ3v) is 4.39. The van der Waals surface area contributed by atoms with Crippen LogP contribution < -0.4 is 4.74 Å². The Balaban J connectivity index is 2.03. The molecule has 1 aliphatic carbocycles. The van der Waals surface area contributed by atoms with Crippen LogP contribution in [0.4, 0.5) is 0 Å². The lowest BCUT2D eigenvalue weighted by atomic mass is 9.90. The van der Waals surface area contributed by atoms with Crippen LogP contribution >= 0.6 is 27.5 Å². The first kappa shape index (κ1) is 14.2. The highest BCUT2D eigenvalue weighted by Gasteiger charge is 2.16. The summed E-state index contributed by atoms with van der Waals surface area (Å²) in [6.07, 6.45) is 6.73. The van der Waals surface area contributed by atoms with Crippen LogP contribution in [0.1, 0.15) is 43.2 Å². The Morgan fingerprint density at radius 1 is 1.28 bits per heavy atom. The molecule has 0 radical (unpaired) electrons. The summed E-state index contributed by atoms with van der Waals surface area (Å²) >= 11 is 9.50. The maximum atomic E-state index is 6.05. The number of aryl methyl sites for hydroxylation is 1. The van der Waals surface area contributed by atoms with Crippen LogP contribution in [0, 0.1) is 12.8 Å². The van der Waals surface area contributed by atoms with Crippen molar-refractivity contribution in [1.29, 1.82) is 0 Å². The predicted octanol–water partition coefficient (Wildman–Crippen LogP) is 5.46. The standard InChI is InChI=1S/C15H20BrClO/c1-11-7-14(16)8-13(9-17)15(11)18-10-12-5-3-2-4-6-12/h7-8,12H,2-6,9-10H2,1H3. The molecule has 0 aliphatic heterocycles. The molecule has 1 saturated carbocycles. The first-order valence-corrected chi connectivity index (χ1v) is 8.01. The van der Waals surface area contributed by atoms with Gasteiger partial charge >= 0.3 is 0 Å². The van der Waals surface area contributed by atoms with E-state index in [-0.39, 0.29) is 0 Å². The summed E-state index contributed by atoms with van der Waals surface area (Å²) < 4.78 is 7.12. The Morgan fingerprint density at radius 3 is 2.67 bits per heavy atom. The van der Waals surface area contributed by atoms with Gasteiger partial charge in [-0.2, -0.15) is 0 Å². The van der Waals surface area contributed by atoms with Crippen molar-refractivity contribution in [3.63, 3.8) is 0 Å². The molecule has 1 nitrogen and oxygen atoms in total.